The molecule has 2 aromatic carbocycles. The molecule has 2 aromatic rings. The Balaban J connectivity index is 2.07. The van der Waals surface area contributed by atoms with Crippen molar-refractivity contribution in [1.29, 1.82) is 0 Å². The molecule has 1 atom stereocenters. The van der Waals surface area contributed by atoms with Crippen LogP contribution in [0.15, 0.2) is 40.9 Å². The molecule has 0 heterocycles. The standard InChI is InChI=1S/C17H17BrClNO2/c1-10-8-11(2)16(15(19)9-10)20-17(21)12(3)22-14-6-4-13(18)5-7-14/h4-9,12H,1-3H3,(H,20,21). The zero-order valence-corrected chi connectivity index (χ0v) is 15.0. The summed E-state index contributed by atoms with van der Waals surface area (Å²) in [6.45, 7) is 5.58. The molecular formula is C17H17BrClNO2. The largest absolute Gasteiger partial charge is 0.481 e. The van der Waals surface area contributed by atoms with Gasteiger partial charge in [0.05, 0.1) is 10.7 Å². The van der Waals surface area contributed by atoms with Gasteiger partial charge in [-0.25, -0.2) is 0 Å². The molecule has 1 amide bonds. The van der Waals surface area contributed by atoms with E-state index in [1.165, 1.54) is 0 Å². The Kier molecular flexibility index (Phi) is 5.48. The Labute approximate surface area is 143 Å². The van der Waals surface area contributed by atoms with Gasteiger partial charge in [0.15, 0.2) is 6.10 Å². The molecule has 0 aliphatic carbocycles. The van der Waals surface area contributed by atoms with E-state index in [9.17, 15) is 4.79 Å². The summed E-state index contributed by atoms with van der Waals surface area (Å²) in [6, 6.07) is 11.1. The summed E-state index contributed by atoms with van der Waals surface area (Å²) in [5.74, 6) is 0.398. The van der Waals surface area contributed by atoms with E-state index in [-0.39, 0.29) is 5.91 Å². The molecule has 22 heavy (non-hydrogen) atoms. The van der Waals surface area contributed by atoms with Crippen LogP contribution < -0.4 is 10.1 Å². The van der Waals surface area contributed by atoms with Gasteiger partial charge in [-0.1, -0.05) is 33.6 Å². The van der Waals surface area contributed by atoms with Crippen molar-refractivity contribution in [2.45, 2.75) is 26.9 Å². The van der Waals surface area contributed by atoms with E-state index in [4.69, 9.17) is 16.3 Å². The Hall–Kier alpha value is -1.52. The maximum Gasteiger partial charge on any atom is 0.265 e. The van der Waals surface area contributed by atoms with E-state index in [0.29, 0.717) is 16.5 Å². The summed E-state index contributed by atoms with van der Waals surface area (Å²) in [4.78, 5) is 12.3. The number of carbonyl (C=O) groups excluding carboxylic acids is 1. The molecule has 2 rings (SSSR count). The molecule has 3 nitrogen and oxygen atoms in total. The van der Waals surface area contributed by atoms with Crippen molar-refractivity contribution in [3.8, 4) is 5.75 Å². The highest BCUT2D eigenvalue weighted by atomic mass is 79.9. The number of amides is 1. The Morgan fingerprint density at radius 1 is 1.23 bits per heavy atom. The second-order valence-corrected chi connectivity index (χ2v) is 6.46. The van der Waals surface area contributed by atoms with Gasteiger partial charge in [-0.2, -0.15) is 0 Å². The van der Waals surface area contributed by atoms with Crippen LogP contribution in [0, 0.1) is 13.8 Å². The van der Waals surface area contributed by atoms with Gasteiger partial charge in [0.1, 0.15) is 5.75 Å². The summed E-state index contributed by atoms with van der Waals surface area (Å²) >= 11 is 9.56. The molecule has 5 heteroatoms. The average molecular weight is 383 g/mol. The number of aryl methyl sites for hydroxylation is 2. The van der Waals surface area contributed by atoms with Gasteiger partial charge in [0, 0.05) is 4.47 Å². The molecule has 0 fully saturated rings. The van der Waals surface area contributed by atoms with Crippen LogP contribution in [0.4, 0.5) is 5.69 Å². The predicted molar refractivity (Wildman–Crippen MR) is 93.8 cm³/mol. The molecule has 116 valence electrons. The van der Waals surface area contributed by atoms with Gasteiger partial charge < -0.3 is 10.1 Å². The van der Waals surface area contributed by atoms with E-state index < -0.39 is 6.10 Å². The van der Waals surface area contributed by atoms with Crippen molar-refractivity contribution < 1.29 is 9.53 Å². The first-order chi connectivity index (χ1) is 10.4. The summed E-state index contributed by atoms with van der Waals surface area (Å²) in [5, 5.41) is 3.36. The number of ether oxygens (including phenoxy) is 1. The SMILES string of the molecule is Cc1cc(C)c(NC(=O)C(C)Oc2ccc(Br)cc2)c(Cl)c1. The minimum Gasteiger partial charge on any atom is -0.481 e. The lowest BCUT2D eigenvalue weighted by atomic mass is 10.1. The van der Waals surface area contributed by atoms with E-state index in [1.54, 1.807) is 19.1 Å². The zero-order chi connectivity index (χ0) is 16.3. The molecule has 0 saturated carbocycles. The minimum absolute atomic E-state index is 0.239. The lowest BCUT2D eigenvalue weighted by Crippen LogP contribution is -2.30. The third-order valence-electron chi connectivity index (χ3n) is 3.18. The number of rotatable bonds is 4. The molecular weight excluding hydrogens is 366 g/mol. The molecule has 0 aliphatic heterocycles. The van der Waals surface area contributed by atoms with Gasteiger partial charge in [-0.15, -0.1) is 0 Å². The minimum atomic E-state index is -0.627. The normalized spacial score (nSPS) is 11.9. The van der Waals surface area contributed by atoms with E-state index >= 15 is 0 Å². The summed E-state index contributed by atoms with van der Waals surface area (Å²) in [7, 11) is 0. The van der Waals surface area contributed by atoms with Crippen molar-refractivity contribution in [1.82, 2.24) is 0 Å². The quantitative estimate of drug-likeness (QED) is 0.796. The lowest BCUT2D eigenvalue weighted by Gasteiger charge is -2.17. The second kappa shape index (κ2) is 7.16. The third-order valence-corrected chi connectivity index (χ3v) is 4.00. The summed E-state index contributed by atoms with van der Waals surface area (Å²) in [6.07, 6.45) is -0.627. The van der Waals surface area contributed by atoms with Gasteiger partial charge >= 0.3 is 0 Å². The highest BCUT2D eigenvalue weighted by Crippen LogP contribution is 2.27. The van der Waals surface area contributed by atoms with Gasteiger partial charge in [0.25, 0.3) is 5.91 Å². The van der Waals surface area contributed by atoms with Crippen LogP contribution in [0.25, 0.3) is 0 Å². The topological polar surface area (TPSA) is 38.3 Å². The zero-order valence-electron chi connectivity index (χ0n) is 12.6. The predicted octanol–water partition coefficient (Wildman–Crippen LogP) is 5.13. The maximum atomic E-state index is 12.3. The van der Waals surface area contributed by atoms with E-state index in [1.807, 2.05) is 38.1 Å². The number of benzene rings is 2. The third kappa shape index (κ3) is 4.24. The maximum absolute atomic E-state index is 12.3. The molecule has 0 radical (unpaired) electrons. The highest BCUT2D eigenvalue weighted by Gasteiger charge is 2.17. The fourth-order valence-corrected chi connectivity index (χ4v) is 2.70. The second-order valence-electron chi connectivity index (χ2n) is 5.14. The highest BCUT2D eigenvalue weighted by molar-refractivity contribution is 9.10. The van der Waals surface area contributed by atoms with Crippen molar-refractivity contribution in [2.24, 2.45) is 0 Å². The summed E-state index contributed by atoms with van der Waals surface area (Å²) in [5.41, 5.74) is 2.61. The smallest absolute Gasteiger partial charge is 0.265 e. The van der Waals surface area contributed by atoms with Gasteiger partial charge in [0.2, 0.25) is 0 Å². The van der Waals surface area contributed by atoms with Gasteiger partial charge in [-0.05, 0) is 62.2 Å². The molecule has 0 aromatic heterocycles. The molecule has 0 bridgehead atoms. The van der Waals surface area contributed by atoms with E-state index in [2.05, 4.69) is 21.2 Å². The van der Waals surface area contributed by atoms with E-state index in [0.717, 1.165) is 15.6 Å². The number of nitrogens with one attached hydrogen (secondary N) is 1. The Morgan fingerprint density at radius 3 is 2.45 bits per heavy atom. The molecule has 1 unspecified atom stereocenters. The average Bonchev–Trinajstić information content (AvgIpc) is 2.45. The fraction of sp³-hybridized carbons (Fsp3) is 0.235. The number of halogens is 2. The van der Waals surface area contributed by atoms with Crippen molar-refractivity contribution in [2.75, 3.05) is 5.32 Å². The van der Waals surface area contributed by atoms with Crippen LogP contribution in [0.2, 0.25) is 5.02 Å². The van der Waals surface area contributed by atoms with Gasteiger partial charge in [-0.3, -0.25) is 4.79 Å². The number of hydrogen-bond acceptors (Lipinski definition) is 2. The number of anilines is 1. The molecule has 0 aliphatic rings. The fourth-order valence-electron chi connectivity index (χ4n) is 2.07. The Morgan fingerprint density at radius 2 is 1.86 bits per heavy atom. The van der Waals surface area contributed by atoms with Crippen LogP contribution in [0.1, 0.15) is 18.1 Å². The lowest BCUT2D eigenvalue weighted by molar-refractivity contribution is -0.122. The molecule has 0 spiro atoms. The Bertz CT molecular complexity index is 663. The first-order valence-electron chi connectivity index (χ1n) is 6.86. The van der Waals surface area contributed by atoms with Crippen LogP contribution >= 0.6 is 27.5 Å². The number of hydrogen-bond donors (Lipinski definition) is 1. The van der Waals surface area contributed by atoms with Crippen LogP contribution in [0.5, 0.6) is 5.75 Å². The first kappa shape index (κ1) is 16.8. The van der Waals surface area contributed by atoms with Crippen molar-refractivity contribution in [3.05, 3.63) is 57.0 Å². The molecule has 1 N–H and O–H groups in total. The first-order valence-corrected chi connectivity index (χ1v) is 8.03. The molecule has 0 saturated heterocycles. The monoisotopic (exact) mass is 381 g/mol. The van der Waals surface area contributed by atoms with Crippen LogP contribution in [0.3, 0.4) is 0 Å². The summed E-state index contributed by atoms with van der Waals surface area (Å²) < 4.78 is 6.59. The van der Waals surface area contributed by atoms with Crippen LogP contribution in [-0.2, 0) is 4.79 Å². The van der Waals surface area contributed by atoms with Crippen molar-refractivity contribution >= 4 is 39.1 Å². The van der Waals surface area contributed by atoms with Crippen molar-refractivity contribution in [3.63, 3.8) is 0 Å². The number of carbonyl (C=O) groups is 1. The van der Waals surface area contributed by atoms with Crippen LogP contribution in [-0.4, -0.2) is 12.0 Å².